The van der Waals surface area contributed by atoms with Crippen LogP contribution in [-0.4, -0.2) is 117 Å². The van der Waals surface area contributed by atoms with Crippen LogP contribution >= 0.6 is 23.2 Å². The Hall–Kier alpha value is -4.80. The standard InChI is InChI=1S/2C19H29ClFN7O3/c2*1-2-27-8-5-9-28(27)16-14(21)15(23-18(20)24-16)25-26-17(29)13(11-22-19(30)31)10-12-6-3-4-7-12/h2*12-13,22H,2-11H2,1H3,(H,26,29)(H,30,31)(H,23,24,25)/t2*13-/m11/s1. The summed E-state index contributed by atoms with van der Waals surface area (Å²) in [4.78, 5) is 63.0. The molecule has 24 heteroatoms. The maximum Gasteiger partial charge on any atom is 0.404 e. The van der Waals surface area contributed by atoms with Gasteiger partial charge in [-0.1, -0.05) is 65.2 Å². The third-order valence-electron chi connectivity index (χ3n) is 11.6. The number of carbonyl (C=O) groups excluding carboxylic acids is 2. The highest BCUT2D eigenvalue weighted by Crippen LogP contribution is 2.33. The zero-order valence-electron chi connectivity index (χ0n) is 35.1. The summed E-state index contributed by atoms with van der Waals surface area (Å²) in [7, 11) is 0. The van der Waals surface area contributed by atoms with Crippen LogP contribution in [0.15, 0.2) is 0 Å². The quantitative estimate of drug-likeness (QED) is 0.0704. The minimum Gasteiger partial charge on any atom is -0.465 e. The number of aromatic nitrogens is 4. The van der Waals surface area contributed by atoms with Crippen molar-refractivity contribution in [1.29, 1.82) is 0 Å². The summed E-state index contributed by atoms with van der Waals surface area (Å²) >= 11 is 12.0. The van der Waals surface area contributed by atoms with Gasteiger partial charge in [-0.3, -0.25) is 41.3 Å². The average Bonchev–Trinajstić information content (AvgIpc) is 4.10. The number of hydrogen-bond donors (Lipinski definition) is 8. The Morgan fingerprint density at radius 2 is 1.00 bits per heavy atom. The highest BCUT2D eigenvalue weighted by atomic mass is 35.5. The molecule has 2 saturated heterocycles. The van der Waals surface area contributed by atoms with E-state index in [0.717, 1.165) is 77.3 Å². The van der Waals surface area contributed by atoms with Crippen molar-refractivity contribution in [2.24, 2.45) is 23.7 Å². The molecule has 0 unspecified atom stereocenters. The Morgan fingerprint density at radius 1 is 0.629 bits per heavy atom. The van der Waals surface area contributed by atoms with E-state index in [1.807, 2.05) is 23.9 Å². The van der Waals surface area contributed by atoms with Crippen molar-refractivity contribution in [3.8, 4) is 0 Å². The van der Waals surface area contributed by atoms with Crippen LogP contribution < -0.4 is 42.4 Å². The average molecular weight is 916 g/mol. The van der Waals surface area contributed by atoms with Crippen LogP contribution in [-0.2, 0) is 9.59 Å². The number of amides is 4. The smallest absolute Gasteiger partial charge is 0.404 e. The molecule has 2 aliphatic heterocycles. The third kappa shape index (κ3) is 13.6. The molecule has 8 N–H and O–H groups in total. The number of nitrogens with one attached hydrogen (secondary N) is 6. The zero-order valence-corrected chi connectivity index (χ0v) is 36.6. The highest BCUT2D eigenvalue weighted by Gasteiger charge is 2.31. The second kappa shape index (κ2) is 23.6. The Kier molecular flexibility index (Phi) is 18.4. The van der Waals surface area contributed by atoms with E-state index in [-0.39, 0.29) is 46.9 Å². The van der Waals surface area contributed by atoms with Crippen molar-refractivity contribution in [2.45, 2.75) is 90.9 Å². The minimum atomic E-state index is -1.19. The van der Waals surface area contributed by atoms with Gasteiger partial charge in [0.05, 0.1) is 11.8 Å². The van der Waals surface area contributed by atoms with E-state index in [2.05, 4.69) is 52.3 Å². The number of rotatable bonds is 18. The summed E-state index contributed by atoms with van der Waals surface area (Å²) in [5.41, 5.74) is 9.96. The molecule has 2 atom stereocenters. The molecule has 0 aromatic carbocycles. The van der Waals surface area contributed by atoms with E-state index in [4.69, 9.17) is 33.4 Å². The van der Waals surface area contributed by atoms with E-state index >= 15 is 8.78 Å². The summed E-state index contributed by atoms with van der Waals surface area (Å²) in [6.07, 6.45) is 9.01. The van der Waals surface area contributed by atoms with Crippen LogP contribution in [0.2, 0.25) is 10.6 Å². The van der Waals surface area contributed by atoms with Crippen LogP contribution in [0, 0.1) is 35.3 Å². The Balaban J connectivity index is 0.000000234. The first-order valence-corrected chi connectivity index (χ1v) is 22.1. The molecule has 2 aliphatic carbocycles. The van der Waals surface area contributed by atoms with Gasteiger partial charge in [0.2, 0.25) is 34.0 Å². The molecule has 2 aromatic heterocycles. The largest absolute Gasteiger partial charge is 0.465 e. The van der Waals surface area contributed by atoms with Gasteiger partial charge in [-0.2, -0.15) is 28.7 Å². The SMILES string of the molecule is CCN1CCCN1c1nc(Cl)nc(NNC(=O)[C@@H](CNC(=O)O)CC2CCCC2)c1F.CCN1CCCN1c1nc(Cl)nc(NNC(=O)[C@@H](CNC(=O)O)CC2CCCC2)c1F. The van der Waals surface area contributed by atoms with Crippen LogP contribution in [0.5, 0.6) is 0 Å². The molecular weight excluding hydrogens is 857 g/mol. The molecular formula is C38H58Cl2F2N14O6. The number of hydrogen-bond acceptors (Lipinski definition) is 14. The predicted molar refractivity (Wildman–Crippen MR) is 228 cm³/mol. The number of carboxylic acid groups (broad SMARTS) is 2. The molecule has 0 bridgehead atoms. The Labute approximate surface area is 369 Å². The van der Waals surface area contributed by atoms with Crippen molar-refractivity contribution in [1.82, 2.24) is 51.4 Å². The molecule has 4 fully saturated rings. The third-order valence-corrected chi connectivity index (χ3v) is 12.0. The molecule has 6 rings (SSSR count). The molecule has 2 aromatic rings. The topological polar surface area (TPSA) is 245 Å². The van der Waals surface area contributed by atoms with Crippen LogP contribution in [0.25, 0.3) is 0 Å². The summed E-state index contributed by atoms with van der Waals surface area (Å²) in [5.74, 6) is -3.12. The minimum absolute atomic E-state index is 0.0170. The number of halogens is 4. The fraction of sp³-hybridized carbons (Fsp3) is 0.684. The van der Waals surface area contributed by atoms with Gasteiger partial charge in [0.15, 0.2) is 23.3 Å². The summed E-state index contributed by atoms with van der Waals surface area (Å²) in [6.45, 7) is 8.07. The van der Waals surface area contributed by atoms with Crippen molar-refractivity contribution >= 4 is 70.5 Å². The number of nitrogens with zero attached hydrogens (tertiary/aromatic N) is 8. The number of hydrazine groups is 4. The van der Waals surface area contributed by atoms with Gasteiger partial charge in [-0.25, -0.2) is 19.6 Å². The normalized spacial score (nSPS) is 18.2. The predicted octanol–water partition coefficient (Wildman–Crippen LogP) is 5.25. The van der Waals surface area contributed by atoms with Gasteiger partial charge in [-0.05, 0) is 60.7 Å². The maximum atomic E-state index is 15.1. The van der Waals surface area contributed by atoms with Gasteiger partial charge >= 0.3 is 12.2 Å². The first-order valence-electron chi connectivity index (χ1n) is 21.3. The van der Waals surface area contributed by atoms with Gasteiger partial charge in [-0.15, -0.1) is 0 Å². The van der Waals surface area contributed by atoms with Gasteiger partial charge < -0.3 is 20.8 Å². The lowest BCUT2D eigenvalue weighted by atomic mass is 9.92. The second-order valence-electron chi connectivity index (χ2n) is 15.8. The molecule has 2 saturated carbocycles. The molecule has 0 spiro atoms. The number of carbonyl (C=O) groups is 4. The summed E-state index contributed by atoms with van der Waals surface area (Å²) < 4.78 is 30.2. The second-order valence-corrected chi connectivity index (χ2v) is 16.4. The van der Waals surface area contributed by atoms with Crippen molar-refractivity contribution in [2.75, 3.05) is 73.2 Å². The highest BCUT2D eigenvalue weighted by molar-refractivity contribution is 6.28. The van der Waals surface area contributed by atoms with Gasteiger partial charge in [0, 0.05) is 52.4 Å². The molecule has 20 nitrogen and oxygen atoms in total. The van der Waals surface area contributed by atoms with Crippen molar-refractivity contribution < 1.29 is 38.2 Å². The van der Waals surface area contributed by atoms with Crippen LogP contribution in [0.1, 0.15) is 90.9 Å². The van der Waals surface area contributed by atoms with E-state index < -0.39 is 47.5 Å². The first kappa shape index (κ1) is 48.2. The van der Waals surface area contributed by atoms with Crippen LogP contribution in [0.3, 0.4) is 0 Å². The Morgan fingerprint density at radius 3 is 1.34 bits per heavy atom. The molecule has 62 heavy (non-hydrogen) atoms. The van der Waals surface area contributed by atoms with Crippen molar-refractivity contribution in [3.05, 3.63) is 22.2 Å². The Bertz CT molecular complexity index is 1720. The van der Waals surface area contributed by atoms with E-state index in [9.17, 15) is 19.2 Å². The lowest BCUT2D eigenvalue weighted by molar-refractivity contribution is -0.125. The van der Waals surface area contributed by atoms with E-state index in [1.165, 1.54) is 0 Å². The van der Waals surface area contributed by atoms with E-state index in [1.54, 1.807) is 10.0 Å². The maximum absolute atomic E-state index is 15.1. The van der Waals surface area contributed by atoms with E-state index in [0.29, 0.717) is 50.9 Å². The molecule has 4 aliphatic rings. The molecule has 0 radical (unpaired) electrons. The zero-order chi connectivity index (χ0) is 44.8. The molecule has 4 amide bonds. The fourth-order valence-electron chi connectivity index (χ4n) is 8.52. The summed E-state index contributed by atoms with van der Waals surface area (Å²) in [5, 5.41) is 29.4. The molecule has 344 valence electrons. The molecule has 4 heterocycles. The monoisotopic (exact) mass is 914 g/mol. The van der Waals surface area contributed by atoms with Gasteiger partial charge in [0.1, 0.15) is 0 Å². The van der Waals surface area contributed by atoms with Crippen molar-refractivity contribution in [3.63, 3.8) is 0 Å². The van der Waals surface area contributed by atoms with Crippen LogP contribution in [0.4, 0.5) is 41.6 Å². The number of anilines is 4. The first-order chi connectivity index (χ1) is 29.8. The lowest BCUT2D eigenvalue weighted by Crippen LogP contribution is -2.42. The van der Waals surface area contributed by atoms with Gasteiger partial charge in [0.25, 0.3) is 0 Å². The fourth-order valence-corrected chi connectivity index (χ4v) is 8.85. The summed E-state index contributed by atoms with van der Waals surface area (Å²) in [6, 6.07) is 0. The lowest BCUT2D eigenvalue weighted by Gasteiger charge is -2.28.